The number of hydrogen-bond acceptors (Lipinski definition) is 2. The van der Waals surface area contributed by atoms with Gasteiger partial charge in [-0.2, -0.15) is 0 Å². The van der Waals surface area contributed by atoms with Gasteiger partial charge in [0, 0.05) is 0 Å². The number of methoxy groups -OCH3 is 1. The van der Waals surface area contributed by atoms with Crippen LogP contribution in [0.2, 0.25) is 0 Å². The third kappa shape index (κ3) is 1.41. The topological polar surface area (TPSA) is 29.5 Å². The SMILES string of the molecule is COc1c(Br)cc(C)c(C)c1O. The summed E-state index contributed by atoms with van der Waals surface area (Å²) >= 11 is 3.31. The Hall–Kier alpha value is -0.700. The van der Waals surface area contributed by atoms with Crippen molar-refractivity contribution in [3.63, 3.8) is 0 Å². The molecule has 0 spiro atoms. The number of halogens is 1. The van der Waals surface area contributed by atoms with Crippen LogP contribution in [0, 0.1) is 13.8 Å². The molecule has 2 nitrogen and oxygen atoms in total. The van der Waals surface area contributed by atoms with Crippen LogP contribution in [0.4, 0.5) is 0 Å². The zero-order chi connectivity index (χ0) is 9.30. The molecule has 0 fully saturated rings. The number of phenols is 1. The van der Waals surface area contributed by atoms with Crippen LogP contribution in [0.1, 0.15) is 11.1 Å². The Morgan fingerprint density at radius 2 is 2.00 bits per heavy atom. The van der Waals surface area contributed by atoms with Crippen LogP contribution in [0.25, 0.3) is 0 Å². The van der Waals surface area contributed by atoms with Gasteiger partial charge in [0.15, 0.2) is 11.5 Å². The summed E-state index contributed by atoms with van der Waals surface area (Å²) in [4.78, 5) is 0. The molecule has 0 heterocycles. The van der Waals surface area contributed by atoms with Crippen LogP contribution in [-0.4, -0.2) is 12.2 Å². The van der Waals surface area contributed by atoms with E-state index in [1.807, 2.05) is 19.9 Å². The average Bonchev–Trinajstić information content (AvgIpc) is 2.01. The maximum Gasteiger partial charge on any atom is 0.174 e. The van der Waals surface area contributed by atoms with Gasteiger partial charge in [-0.15, -0.1) is 0 Å². The van der Waals surface area contributed by atoms with Gasteiger partial charge in [0.25, 0.3) is 0 Å². The molecule has 0 unspecified atom stereocenters. The molecule has 1 aromatic rings. The van der Waals surface area contributed by atoms with Crippen molar-refractivity contribution >= 4 is 15.9 Å². The molecule has 0 aliphatic heterocycles. The fourth-order valence-corrected chi connectivity index (χ4v) is 1.72. The third-order valence-electron chi connectivity index (χ3n) is 1.93. The van der Waals surface area contributed by atoms with Gasteiger partial charge in [-0.3, -0.25) is 0 Å². The lowest BCUT2D eigenvalue weighted by atomic mass is 10.1. The van der Waals surface area contributed by atoms with Gasteiger partial charge >= 0.3 is 0 Å². The predicted molar refractivity (Wildman–Crippen MR) is 51.8 cm³/mol. The first kappa shape index (κ1) is 9.39. The highest BCUT2D eigenvalue weighted by atomic mass is 79.9. The van der Waals surface area contributed by atoms with Gasteiger partial charge in [0.1, 0.15) is 0 Å². The average molecular weight is 231 g/mol. The maximum absolute atomic E-state index is 9.60. The number of ether oxygens (including phenoxy) is 1. The number of benzene rings is 1. The molecular weight excluding hydrogens is 220 g/mol. The number of phenolic OH excluding ortho intramolecular Hbond substituents is 1. The van der Waals surface area contributed by atoms with Crippen LogP contribution in [-0.2, 0) is 0 Å². The largest absolute Gasteiger partial charge is 0.504 e. The Balaban J connectivity index is 3.40. The summed E-state index contributed by atoms with van der Waals surface area (Å²) < 4.78 is 5.80. The summed E-state index contributed by atoms with van der Waals surface area (Å²) in [5.41, 5.74) is 1.90. The maximum atomic E-state index is 9.60. The van der Waals surface area contributed by atoms with E-state index in [9.17, 15) is 5.11 Å². The first-order chi connectivity index (χ1) is 5.57. The van der Waals surface area contributed by atoms with E-state index in [0.717, 1.165) is 15.6 Å². The van der Waals surface area contributed by atoms with E-state index in [1.54, 1.807) is 0 Å². The zero-order valence-electron chi connectivity index (χ0n) is 7.31. The smallest absolute Gasteiger partial charge is 0.174 e. The molecule has 0 aliphatic rings. The lowest BCUT2D eigenvalue weighted by Crippen LogP contribution is -1.90. The minimum Gasteiger partial charge on any atom is -0.504 e. The molecule has 12 heavy (non-hydrogen) atoms. The number of aromatic hydroxyl groups is 1. The molecule has 0 saturated carbocycles. The van der Waals surface area contributed by atoms with Crippen molar-refractivity contribution in [2.45, 2.75) is 13.8 Å². The monoisotopic (exact) mass is 230 g/mol. The van der Waals surface area contributed by atoms with E-state index in [-0.39, 0.29) is 5.75 Å². The zero-order valence-corrected chi connectivity index (χ0v) is 8.90. The molecule has 3 heteroatoms. The molecule has 0 aliphatic carbocycles. The Bertz CT molecular complexity index is 308. The molecule has 1 aromatic carbocycles. The highest BCUT2D eigenvalue weighted by Crippen LogP contribution is 2.38. The van der Waals surface area contributed by atoms with Gasteiger partial charge in [-0.1, -0.05) is 0 Å². The summed E-state index contributed by atoms with van der Waals surface area (Å²) in [5.74, 6) is 0.711. The Morgan fingerprint density at radius 1 is 1.42 bits per heavy atom. The van der Waals surface area contributed by atoms with Crippen LogP contribution in [0.15, 0.2) is 10.5 Å². The fourth-order valence-electron chi connectivity index (χ4n) is 1.03. The quantitative estimate of drug-likeness (QED) is 0.805. The molecule has 66 valence electrons. The van der Waals surface area contributed by atoms with Crippen LogP contribution in [0.5, 0.6) is 11.5 Å². The summed E-state index contributed by atoms with van der Waals surface area (Å²) in [6, 6.07) is 1.92. The van der Waals surface area contributed by atoms with E-state index >= 15 is 0 Å². The number of rotatable bonds is 1. The predicted octanol–water partition coefficient (Wildman–Crippen LogP) is 2.78. The fraction of sp³-hybridized carbons (Fsp3) is 0.333. The molecule has 0 radical (unpaired) electrons. The molecule has 0 bridgehead atoms. The highest BCUT2D eigenvalue weighted by Gasteiger charge is 2.11. The minimum absolute atomic E-state index is 0.212. The number of aryl methyl sites for hydroxylation is 1. The Kier molecular flexibility index (Phi) is 2.62. The van der Waals surface area contributed by atoms with E-state index in [2.05, 4.69) is 15.9 Å². The molecule has 1 rings (SSSR count). The molecule has 0 saturated heterocycles. The standard InChI is InChI=1S/C9H11BrO2/c1-5-4-7(10)9(12-3)8(11)6(5)2/h4,11H,1-3H3. The normalized spacial score (nSPS) is 10.0. The van der Waals surface area contributed by atoms with Crippen LogP contribution >= 0.6 is 15.9 Å². The third-order valence-corrected chi connectivity index (χ3v) is 2.52. The molecule has 0 atom stereocenters. The van der Waals surface area contributed by atoms with Crippen molar-refractivity contribution in [1.29, 1.82) is 0 Å². The minimum atomic E-state index is 0.212. The summed E-state index contributed by atoms with van der Waals surface area (Å²) in [5, 5.41) is 9.60. The van der Waals surface area contributed by atoms with E-state index in [0.29, 0.717) is 5.75 Å². The lowest BCUT2D eigenvalue weighted by molar-refractivity contribution is 0.369. The first-order valence-electron chi connectivity index (χ1n) is 3.60. The van der Waals surface area contributed by atoms with Crippen molar-refractivity contribution in [1.82, 2.24) is 0 Å². The van der Waals surface area contributed by atoms with E-state index in [4.69, 9.17) is 4.74 Å². The van der Waals surface area contributed by atoms with Gasteiger partial charge in [-0.25, -0.2) is 0 Å². The lowest BCUT2D eigenvalue weighted by Gasteiger charge is -2.10. The molecule has 1 N–H and O–H groups in total. The van der Waals surface area contributed by atoms with Gasteiger partial charge in [-0.05, 0) is 47.0 Å². The molecular formula is C9H11BrO2. The van der Waals surface area contributed by atoms with Gasteiger partial charge in [0.05, 0.1) is 11.6 Å². The van der Waals surface area contributed by atoms with Gasteiger partial charge < -0.3 is 9.84 Å². The summed E-state index contributed by atoms with van der Waals surface area (Å²) in [6.07, 6.45) is 0. The van der Waals surface area contributed by atoms with Crippen molar-refractivity contribution in [3.05, 3.63) is 21.7 Å². The summed E-state index contributed by atoms with van der Waals surface area (Å²) in [7, 11) is 1.54. The highest BCUT2D eigenvalue weighted by molar-refractivity contribution is 9.10. The van der Waals surface area contributed by atoms with Crippen molar-refractivity contribution in [3.8, 4) is 11.5 Å². The molecule has 0 amide bonds. The van der Waals surface area contributed by atoms with Gasteiger partial charge in [0.2, 0.25) is 0 Å². The summed E-state index contributed by atoms with van der Waals surface area (Å²) in [6.45, 7) is 3.80. The van der Waals surface area contributed by atoms with E-state index < -0.39 is 0 Å². The second-order valence-corrected chi connectivity index (χ2v) is 3.54. The van der Waals surface area contributed by atoms with Crippen molar-refractivity contribution in [2.75, 3.05) is 7.11 Å². The van der Waals surface area contributed by atoms with Crippen LogP contribution in [0.3, 0.4) is 0 Å². The molecule has 0 aromatic heterocycles. The first-order valence-corrected chi connectivity index (χ1v) is 4.40. The van der Waals surface area contributed by atoms with Crippen LogP contribution < -0.4 is 4.74 Å². The number of hydrogen-bond donors (Lipinski definition) is 1. The van der Waals surface area contributed by atoms with E-state index in [1.165, 1.54) is 7.11 Å². The Labute approximate surface area is 80.3 Å². The second-order valence-electron chi connectivity index (χ2n) is 2.68. The van der Waals surface area contributed by atoms with Crippen molar-refractivity contribution in [2.24, 2.45) is 0 Å². The Morgan fingerprint density at radius 3 is 2.50 bits per heavy atom. The second kappa shape index (κ2) is 3.35. The van der Waals surface area contributed by atoms with Crippen molar-refractivity contribution < 1.29 is 9.84 Å².